The Labute approximate surface area is 335 Å². The highest BCUT2D eigenvalue weighted by molar-refractivity contribution is 9.09. The quantitative estimate of drug-likeness (QED) is 0.217. The summed E-state index contributed by atoms with van der Waals surface area (Å²) in [5.41, 5.74) is 1.28. The molecule has 2 heterocycles. The second kappa shape index (κ2) is 25.9. The first-order valence-electron chi connectivity index (χ1n) is 18.8. The van der Waals surface area contributed by atoms with Gasteiger partial charge in [-0.1, -0.05) is 47.6 Å². The molecule has 0 radical (unpaired) electrons. The number of benzene rings is 2. The number of halogens is 1. The molecule has 54 heavy (non-hydrogen) atoms. The monoisotopic (exact) mass is 822 g/mol. The van der Waals surface area contributed by atoms with Crippen molar-refractivity contribution in [2.75, 3.05) is 105 Å². The minimum Gasteiger partial charge on any atom is -0.508 e. The molecule has 0 unspecified atom stereocenters. The number of carbonyl (C=O) groups excluding carboxylic acids is 2. The normalized spacial score (nSPS) is 15.6. The molecule has 2 aromatic rings. The van der Waals surface area contributed by atoms with Crippen LogP contribution in [0.4, 0.5) is 9.59 Å². The first-order valence-corrected chi connectivity index (χ1v) is 19.9. The standard InChI is InChI=1S/C20H33N3O3.C13H19NO3.C7H15BrN2.CH4/c1-20(2,3)26-19(24)21-10-9-17-5-7-18(8-6-17)25-16-15-23-13-11-22(4)12-14-23;1-13(2,3)17-12(16)14-9-8-10-4-6-11(15)7-5-10;1-9-4-6-10(3-2-8)7-5-9;/h5-8H,9-16H2,1-4H3,(H,21,24);4-7,15H,8-9H2,1-3H3,(H,14,16);2-7H2,1H3;1H4. The van der Waals surface area contributed by atoms with Crippen LogP contribution >= 0.6 is 15.9 Å². The molecule has 308 valence electrons. The number of piperazine rings is 2. The number of hydrogen-bond donors (Lipinski definition) is 3. The summed E-state index contributed by atoms with van der Waals surface area (Å²) in [4.78, 5) is 32.6. The molecule has 0 atom stereocenters. The van der Waals surface area contributed by atoms with Crippen molar-refractivity contribution in [1.82, 2.24) is 30.2 Å². The van der Waals surface area contributed by atoms with E-state index < -0.39 is 17.3 Å². The van der Waals surface area contributed by atoms with Crippen molar-refractivity contribution in [3.8, 4) is 11.5 Å². The number of likely N-dealkylation sites (N-methyl/N-ethyl adjacent to an activating group) is 2. The van der Waals surface area contributed by atoms with E-state index in [4.69, 9.17) is 19.3 Å². The van der Waals surface area contributed by atoms with Crippen molar-refractivity contribution in [3.05, 3.63) is 59.7 Å². The number of phenols is 1. The maximum Gasteiger partial charge on any atom is 0.407 e. The van der Waals surface area contributed by atoms with Gasteiger partial charge in [-0.25, -0.2) is 9.59 Å². The smallest absolute Gasteiger partial charge is 0.407 e. The van der Waals surface area contributed by atoms with E-state index in [9.17, 15) is 9.59 Å². The fourth-order valence-electron chi connectivity index (χ4n) is 5.22. The van der Waals surface area contributed by atoms with Gasteiger partial charge in [-0.15, -0.1) is 0 Å². The van der Waals surface area contributed by atoms with E-state index in [1.807, 2.05) is 77.9 Å². The Bertz CT molecular complexity index is 1290. The number of nitrogens with zero attached hydrogens (tertiary/aromatic N) is 4. The highest BCUT2D eigenvalue weighted by atomic mass is 79.9. The molecule has 2 aromatic carbocycles. The van der Waals surface area contributed by atoms with Crippen LogP contribution in [-0.4, -0.2) is 153 Å². The fourth-order valence-corrected chi connectivity index (χ4v) is 5.72. The number of amides is 2. The van der Waals surface area contributed by atoms with Crippen molar-refractivity contribution in [1.29, 1.82) is 0 Å². The summed E-state index contributed by atoms with van der Waals surface area (Å²) < 4.78 is 16.2. The van der Waals surface area contributed by atoms with Gasteiger partial charge in [-0.05, 0) is 104 Å². The van der Waals surface area contributed by atoms with Gasteiger partial charge in [0.2, 0.25) is 0 Å². The molecule has 2 saturated heterocycles. The summed E-state index contributed by atoms with van der Waals surface area (Å²) >= 11 is 3.44. The van der Waals surface area contributed by atoms with Crippen molar-refractivity contribution < 1.29 is 28.9 Å². The number of alkyl carbamates (subject to hydrolysis) is 2. The lowest BCUT2D eigenvalue weighted by Gasteiger charge is -2.32. The second-order valence-electron chi connectivity index (χ2n) is 15.5. The highest BCUT2D eigenvalue weighted by Gasteiger charge is 2.17. The van der Waals surface area contributed by atoms with Crippen LogP contribution in [0.2, 0.25) is 0 Å². The molecular formula is C41H71BrN6O6. The largest absolute Gasteiger partial charge is 0.508 e. The van der Waals surface area contributed by atoms with Crippen molar-refractivity contribution in [2.24, 2.45) is 0 Å². The number of aromatic hydroxyl groups is 1. The molecule has 0 saturated carbocycles. The Morgan fingerprint density at radius 2 is 1.06 bits per heavy atom. The van der Waals surface area contributed by atoms with Gasteiger partial charge in [0.1, 0.15) is 29.3 Å². The third-order valence-electron chi connectivity index (χ3n) is 8.29. The maximum absolute atomic E-state index is 11.6. The van der Waals surface area contributed by atoms with Gasteiger partial charge in [0.05, 0.1) is 0 Å². The van der Waals surface area contributed by atoms with Crippen LogP contribution in [0.25, 0.3) is 0 Å². The molecule has 2 fully saturated rings. The molecule has 13 heteroatoms. The number of carbonyl (C=O) groups is 2. The van der Waals surface area contributed by atoms with E-state index in [1.165, 1.54) is 32.7 Å². The lowest BCUT2D eigenvalue weighted by Crippen LogP contribution is -2.45. The average molecular weight is 824 g/mol. The number of phenolic OH excluding ortho intramolecular Hbond substituents is 1. The molecule has 0 spiro atoms. The zero-order chi connectivity index (χ0) is 39.3. The summed E-state index contributed by atoms with van der Waals surface area (Å²) in [7, 11) is 4.35. The molecule has 0 aromatic heterocycles. The van der Waals surface area contributed by atoms with Crippen LogP contribution in [0.3, 0.4) is 0 Å². The number of ether oxygens (including phenoxy) is 3. The topological polar surface area (TPSA) is 119 Å². The summed E-state index contributed by atoms with van der Waals surface area (Å²) in [5.74, 6) is 1.14. The minimum atomic E-state index is -0.470. The molecule has 2 amide bonds. The Hall–Kier alpha value is -3.10. The first kappa shape index (κ1) is 48.9. The Kier molecular flexibility index (Phi) is 23.4. The molecular weight excluding hydrogens is 752 g/mol. The van der Waals surface area contributed by atoms with Gasteiger partial charge >= 0.3 is 12.2 Å². The van der Waals surface area contributed by atoms with Gasteiger partial charge < -0.3 is 39.8 Å². The first-order chi connectivity index (χ1) is 25.0. The average Bonchev–Trinajstić information content (AvgIpc) is 3.07. The van der Waals surface area contributed by atoms with Crippen molar-refractivity contribution >= 4 is 28.1 Å². The third kappa shape index (κ3) is 24.3. The molecule has 4 rings (SSSR count). The molecule has 12 nitrogen and oxygen atoms in total. The predicted octanol–water partition coefficient (Wildman–Crippen LogP) is 6.10. The summed E-state index contributed by atoms with van der Waals surface area (Å²) in [5, 5.41) is 15.7. The fraction of sp³-hybridized carbons (Fsp3) is 0.659. The SMILES string of the molecule is C.CC(C)(C)OC(=O)NCCc1ccc(O)cc1.CN1CCN(CCBr)CC1.CN1CCN(CCOc2ccc(CCNC(=O)OC(C)(C)C)cc2)CC1. The lowest BCUT2D eigenvalue weighted by molar-refractivity contribution is 0.0517. The van der Waals surface area contributed by atoms with Crippen LogP contribution in [0.5, 0.6) is 11.5 Å². The Balaban J connectivity index is 0.000000446. The van der Waals surface area contributed by atoms with Gasteiger partial charge in [-0.3, -0.25) is 9.80 Å². The van der Waals surface area contributed by atoms with Crippen LogP contribution in [0.1, 0.15) is 60.1 Å². The van der Waals surface area contributed by atoms with Gasteiger partial charge in [0.25, 0.3) is 0 Å². The number of rotatable bonds is 12. The highest BCUT2D eigenvalue weighted by Crippen LogP contribution is 2.14. The van der Waals surface area contributed by atoms with E-state index in [0.717, 1.165) is 61.4 Å². The van der Waals surface area contributed by atoms with E-state index in [2.05, 4.69) is 60.3 Å². The number of alkyl halides is 1. The van der Waals surface area contributed by atoms with E-state index >= 15 is 0 Å². The molecule has 3 N–H and O–H groups in total. The van der Waals surface area contributed by atoms with E-state index in [-0.39, 0.29) is 19.3 Å². The Morgan fingerprint density at radius 1 is 0.667 bits per heavy atom. The molecule has 0 aliphatic carbocycles. The molecule has 0 bridgehead atoms. The number of nitrogens with one attached hydrogen (secondary N) is 2. The maximum atomic E-state index is 11.6. The van der Waals surface area contributed by atoms with Gasteiger partial charge in [-0.2, -0.15) is 0 Å². The van der Waals surface area contributed by atoms with Crippen LogP contribution in [0, 0.1) is 0 Å². The van der Waals surface area contributed by atoms with Crippen molar-refractivity contribution in [3.63, 3.8) is 0 Å². The van der Waals surface area contributed by atoms with Crippen LogP contribution in [-0.2, 0) is 22.3 Å². The van der Waals surface area contributed by atoms with E-state index in [0.29, 0.717) is 26.1 Å². The summed E-state index contributed by atoms with van der Waals surface area (Å²) in [6.45, 7) is 24.4. The molecule has 2 aliphatic heterocycles. The van der Waals surface area contributed by atoms with Gasteiger partial charge in [0, 0.05) is 83.9 Å². The minimum absolute atomic E-state index is 0. The van der Waals surface area contributed by atoms with Crippen LogP contribution in [0.15, 0.2) is 48.5 Å². The zero-order valence-corrected chi connectivity index (χ0v) is 35.2. The third-order valence-corrected chi connectivity index (χ3v) is 8.65. The zero-order valence-electron chi connectivity index (χ0n) is 33.6. The van der Waals surface area contributed by atoms with Crippen LogP contribution < -0.4 is 15.4 Å². The lowest BCUT2D eigenvalue weighted by atomic mass is 10.1. The number of hydrogen-bond acceptors (Lipinski definition) is 10. The summed E-state index contributed by atoms with van der Waals surface area (Å²) in [6.07, 6.45) is 0.693. The second-order valence-corrected chi connectivity index (χ2v) is 16.3. The van der Waals surface area contributed by atoms with E-state index in [1.54, 1.807) is 12.1 Å². The summed E-state index contributed by atoms with van der Waals surface area (Å²) in [6, 6.07) is 15.0. The predicted molar refractivity (Wildman–Crippen MR) is 224 cm³/mol. The van der Waals surface area contributed by atoms with Gasteiger partial charge in [0.15, 0.2) is 0 Å². The molecule has 2 aliphatic rings. The van der Waals surface area contributed by atoms with Crippen molar-refractivity contribution in [2.45, 2.75) is 73.0 Å². The Morgan fingerprint density at radius 3 is 1.44 bits per heavy atom.